The number of nitriles is 1. The van der Waals surface area contributed by atoms with Crippen LogP contribution in [0.5, 0.6) is 0 Å². The van der Waals surface area contributed by atoms with E-state index in [1.165, 1.54) is 30.4 Å². The zero-order valence-electron chi connectivity index (χ0n) is 21.2. The zero-order valence-corrected chi connectivity index (χ0v) is 21.2. The monoisotopic (exact) mass is 480 g/mol. The average Bonchev–Trinajstić information content (AvgIpc) is 3.16. The van der Waals surface area contributed by atoms with E-state index in [-0.39, 0.29) is 11.9 Å². The average molecular weight is 481 g/mol. The Labute approximate surface area is 214 Å². The minimum Gasteiger partial charge on any atom is -0.359 e. The van der Waals surface area contributed by atoms with Crippen molar-refractivity contribution in [2.75, 3.05) is 19.6 Å². The summed E-state index contributed by atoms with van der Waals surface area (Å²) in [5, 5.41) is 13.6. The Morgan fingerprint density at radius 3 is 2.72 bits per heavy atom. The number of hydrogen-bond donors (Lipinski definition) is 2. The minimum absolute atomic E-state index is 0.00593. The van der Waals surface area contributed by atoms with E-state index in [2.05, 4.69) is 58.5 Å². The van der Waals surface area contributed by atoms with Crippen LogP contribution in [0.4, 0.5) is 0 Å². The van der Waals surface area contributed by atoms with Gasteiger partial charge in [-0.1, -0.05) is 18.2 Å². The largest absolute Gasteiger partial charge is 0.359 e. The summed E-state index contributed by atoms with van der Waals surface area (Å²) in [6, 6.07) is 17.0. The van der Waals surface area contributed by atoms with Crippen LogP contribution in [0.15, 0.2) is 48.5 Å². The van der Waals surface area contributed by atoms with E-state index in [0.717, 1.165) is 79.0 Å². The summed E-state index contributed by atoms with van der Waals surface area (Å²) >= 11 is 0. The van der Waals surface area contributed by atoms with E-state index in [9.17, 15) is 10.1 Å². The maximum Gasteiger partial charge on any atom is 0.244 e. The summed E-state index contributed by atoms with van der Waals surface area (Å²) in [6.07, 6.45) is 11.5. The fourth-order valence-electron chi connectivity index (χ4n) is 5.90. The molecule has 0 atom stereocenters. The number of H-pyrrole nitrogens is 1. The van der Waals surface area contributed by atoms with E-state index in [4.69, 9.17) is 0 Å². The Kier molecular flexibility index (Phi) is 7.53. The molecule has 1 aromatic heterocycles. The van der Waals surface area contributed by atoms with Crippen molar-refractivity contribution in [2.45, 2.75) is 57.9 Å². The van der Waals surface area contributed by atoms with Crippen molar-refractivity contribution in [3.63, 3.8) is 0 Å². The van der Waals surface area contributed by atoms with Crippen LogP contribution in [0, 0.1) is 24.2 Å². The maximum atomic E-state index is 12.6. The van der Waals surface area contributed by atoms with Crippen LogP contribution < -0.4 is 5.32 Å². The number of carbonyl (C=O) groups is 1. The minimum atomic E-state index is 0.00593. The highest BCUT2D eigenvalue weighted by molar-refractivity contribution is 5.96. The molecule has 0 radical (unpaired) electrons. The van der Waals surface area contributed by atoms with Crippen molar-refractivity contribution in [2.24, 2.45) is 5.92 Å². The first kappa shape index (κ1) is 24.3. The van der Waals surface area contributed by atoms with Gasteiger partial charge in [-0.25, -0.2) is 0 Å². The number of benzene rings is 2. The van der Waals surface area contributed by atoms with Crippen LogP contribution in [-0.2, 0) is 17.6 Å². The molecule has 1 amide bonds. The third-order valence-electron chi connectivity index (χ3n) is 8.02. The standard InChI is InChI=1S/C31H36N4O/c1-22-19-29-26(3-2-4-30(29)33-22)9-12-31(36)34-28-10-6-23(7-11-28)13-16-35-17-14-25-8-5-24(21-32)20-27(25)15-18-35/h2-5,8-9,12,19-20,23,28,33H,6-7,10-11,13-18H2,1H3,(H,34,36)/b12-9+. The molecular formula is C31H36N4O. The van der Waals surface area contributed by atoms with Gasteiger partial charge in [-0.05, 0) is 111 Å². The lowest BCUT2D eigenvalue weighted by Crippen LogP contribution is -2.37. The summed E-state index contributed by atoms with van der Waals surface area (Å²) in [5.41, 5.74) is 6.82. The van der Waals surface area contributed by atoms with Crippen LogP contribution >= 0.6 is 0 Å². The molecule has 1 aliphatic carbocycles. The first-order chi connectivity index (χ1) is 17.6. The van der Waals surface area contributed by atoms with E-state index in [1.807, 2.05) is 18.2 Å². The predicted molar refractivity (Wildman–Crippen MR) is 146 cm³/mol. The molecule has 0 bridgehead atoms. The first-order valence-corrected chi connectivity index (χ1v) is 13.4. The molecule has 2 heterocycles. The molecule has 5 rings (SSSR count). The Morgan fingerprint density at radius 2 is 1.92 bits per heavy atom. The van der Waals surface area contributed by atoms with Crippen molar-refractivity contribution in [3.05, 3.63) is 76.5 Å². The Balaban J connectivity index is 1.05. The van der Waals surface area contributed by atoms with Crippen LogP contribution in [0.25, 0.3) is 17.0 Å². The number of nitrogens with zero attached hydrogens (tertiary/aromatic N) is 2. The van der Waals surface area contributed by atoms with Gasteiger partial charge in [-0.2, -0.15) is 5.26 Å². The fourth-order valence-corrected chi connectivity index (χ4v) is 5.90. The number of aryl methyl sites for hydroxylation is 1. The number of nitrogens with one attached hydrogen (secondary N) is 2. The van der Waals surface area contributed by atoms with Gasteiger partial charge < -0.3 is 15.2 Å². The molecule has 1 fully saturated rings. The molecule has 36 heavy (non-hydrogen) atoms. The third-order valence-corrected chi connectivity index (χ3v) is 8.02. The summed E-state index contributed by atoms with van der Waals surface area (Å²) < 4.78 is 0. The van der Waals surface area contributed by atoms with E-state index < -0.39 is 0 Å². The lowest BCUT2D eigenvalue weighted by Gasteiger charge is -2.30. The van der Waals surface area contributed by atoms with Gasteiger partial charge >= 0.3 is 0 Å². The van der Waals surface area contributed by atoms with Gasteiger partial charge in [0.2, 0.25) is 5.91 Å². The number of aromatic nitrogens is 1. The highest BCUT2D eigenvalue weighted by Crippen LogP contribution is 2.28. The van der Waals surface area contributed by atoms with Gasteiger partial charge in [-0.15, -0.1) is 0 Å². The summed E-state index contributed by atoms with van der Waals surface area (Å²) in [7, 11) is 0. The molecular weight excluding hydrogens is 444 g/mol. The van der Waals surface area contributed by atoms with Crippen LogP contribution in [0.1, 0.15) is 60.1 Å². The molecule has 186 valence electrons. The second-order valence-electron chi connectivity index (χ2n) is 10.5. The van der Waals surface area contributed by atoms with Gasteiger partial charge in [0.05, 0.1) is 11.6 Å². The molecule has 0 spiro atoms. The molecule has 2 aromatic carbocycles. The van der Waals surface area contributed by atoms with Gasteiger partial charge in [0.25, 0.3) is 0 Å². The molecule has 5 heteroatoms. The Hall–Kier alpha value is -3.36. The number of fused-ring (bicyclic) bond motifs is 2. The highest BCUT2D eigenvalue weighted by Gasteiger charge is 2.23. The van der Waals surface area contributed by atoms with Crippen LogP contribution in [0.3, 0.4) is 0 Å². The molecule has 2 aliphatic rings. The number of aromatic amines is 1. The van der Waals surface area contributed by atoms with Crippen molar-refractivity contribution in [1.29, 1.82) is 5.26 Å². The Bertz CT molecular complexity index is 1290. The van der Waals surface area contributed by atoms with Gasteiger partial charge in [0.1, 0.15) is 0 Å². The Morgan fingerprint density at radius 1 is 1.11 bits per heavy atom. The van der Waals surface area contributed by atoms with E-state index in [1.54, 1.807) is 6.08 Å². The van der Waals surface area contributed by atoms with Gasteiger partial charge in [0.15, 0.2) is 0 Å². The molecule has 1 aliphatic heterocycles. The predicted octanol–water partition coefficient (Wildman–Crippen LogP) is 5.53. The molecule has 0 unspecified atom stereocenters. The second-order valence-corrected chi connectivity index (χ2v) is 10.5. The molecule has 3 aromatic rings. The lowest BCUT2D eigenvalue weighted by atomic mass is 9.84. The van der Waals surface area contributed by atoms with Crippen molar-refractivity contribution in [1.82, 2.24) is 15.2 Å². The quantitative estimate of drug-likeness (QED) is 0.456. The maximum absolute atomic E-state index is 12.6. The van der Waals surface area contributed by atoms with Crippen molar-refractivity contribution >= 4 is 22.9 Å². The molecule has 5 nitrogen and oxygen atoms in total. The van der Waals surface area contributed by atoms with Crippen molar-refractivity contribution < 1.29 is 4.79 Å². The smallest absolute Gasteiger partial charge is 0.244 e. The van der Waals surface area contributed by atoms with Gasteiger partial charge in [-0.3, -0.25) is 4.79 Å². The summed E-state index contributed by atoms with van der Waals surface area (Å²) in [4.78, 5) is 18.5. The van der Waals surface area contributed by atoms with E-state index >= 15 is 0 Å². The molecule has 2 N–H and O–H groups in total. The molecule has 1 saturated carbocycles. The van der Waals surface area contributed by atoms with Crippen LogP contribution in [0.2, 0.25) is 0 Å². The number of hydrogen-bond acceptors (Lipinski definition) is 3. The summed E-state index contributed by atoms with van der Waals surface area (Å²) in [5.74, 6) is 0.755. The SMILES string of the molecule is Cc1cc2c(/C=C/C(=O)NC3CCC(CCN4CCc5ccc(C#N)cc5CC4)CC3)cccc2[nH]1. The fraction of sp³-hybridized carbons (Fsp3) is 0.419. The second kappa shape index (κ2) is 11.1. The summed E-state index contributed by atoms with van der Waals surface area (Å²) in [6.45, 7) is 5.38. The van der Waals surface area contributed by atoms with E-state index in [0.29, 0.717) is 0 Å². The first-order valence-electron chi connectivity index (χ1n) is 13.4. The number of carbonyl (C=O) groups excluding carboxylic acids is 1. The topological polar surface area (TPSA) is 71.9 Å². The third kappa shape index (κ3) is 5.88. The molecule has 0 saturated heterocycles. The van der Waals surface area contributed by atoms with Gasteiger partial charge in [0, 0.05) is 41.8 Å². The lowest BCUT2D eigenvalue weighted by molar-refractivity contribution is -0.117. The zero-order chi connectivity index (χ0) is 24.9. The number of rotatable bonds is 6. The number of amides is 1. The normalized spacial score (nSPS) is 20.7. The highest BCUT2D eigenvalue weighted by atomic mass is 16.1. The van der Waals surface area contributed by atoms with Crippen molar-refractivity contribution in [3.8, 4) is 6.07 Å². The van der Waals surface area contributed by atoms with Crippen LogP contribution in [-0.4, -0.2) is 41.5 Å².